The summed E-state index contributed by atoms with van der Waals surface area (Å²) >= 11 is 0. The predicted molar refractivity (Wildman–Crippen MR) is 75.1 cm³/mol. The number of carbonyl (C=O) groups is 1. The van der Waals surface area contributed by atoms with Crippen LogP contribution in [0.1, 0.15) is 5.56 Å². The Morgan fingerprint density at radius 1 is 1.16 bits per heavy atom. The first-order valence-corrected chi connectivity index (χ1v) is 5.69. The topological polar surface area (TPSA) is 55.1 Å². The van der Waals surface area contributed by atoms with E-state index in [0.717, 1.165) is 16.7 Å². The van der Waals surface area contributed by atoms with Crippen LogP contribution in [0, 0.1) is 5.82 Å². The molecular weight excluding hydrogens is 243 g/mol. The van der Waals surface area contributed by atoms with E-state index in [4.69, 9.17) is 5.73 Å². The molecule has 0 saturated carbocycles. The number of urea groups is 1. The zero-order valence-corrected chi connectivity index (χ0v) is 10.2. The number of amides is 2. The van der Waals surface area contributed by atoms with Crippen molar-refractivity contribution < 1.29 is 9.18 Å². The molecule has 0 saturated heterocycles. The Labute approximate surface area is 110 Å². The van der Waals surface area contributed by atoms with Crippen LogP contribution >= 0.6 is 0 Å². The first kappa shape index (κ1) is 12.8. The standard InChI is InChI=1S/C15H13FN2O/c1-2-10-3-5-11(6-4-10)12-7-8-14(13(16)9-12)18-15(17)19/h2-9H,1H2,(H3,17,18,19). The molecule has 4 heteroatoms. The molecule has 2 aromatic rings. The number of hydrogen-bond acceptors (Lipinski definition) is 1. The minimum absolute atomic E-state index is 0.0685. The summed E-state index contributed by atoms with van der Waals surface area (Å²) in [7, 11) is 0. The smallest absolute Gasteiger partial charge is 0.316 e. The SMILES string of the molecule is C=Cc1ccc(-c2ccc(NC(N)=O)c(F)c2)cc1. The molecule has 19 heavy (non-hydrogen) atoms. The van der Waals surface area contributed by atoms with Crippen molar-refractivity contribution >= 4 is 17.8 Å². The summed E-state index contributed by atoms with van der Waals surface area (Å²) in [6.07, 6.45) is 1.74. The third-order valence-corrected chi connectivity index (χ3v) is 2.71. The van der Waals surface area contributed by atoms with Gasteiger partial charge in [0.2, 0.25) is 0 Å². The fourth-order valence-electron chi connectivity index (χ4n) is 1.74. The van der Waals surface area contributed by atoms with Crippen LogP contribution in [0.3, 0.4) is 0 Å². The van der Waals surface area contributed by atoms with Gasteiger partial charge in [0.25, 0.3) is 0 Å². The lowest BCUT2D eigenvalue weighted by Gasteiger charge is -2.07. The number of carbonyl (C=O) groups excluding carboxylic acids is 1. The number of primary amides is 1. The van der Waals surface area contributed by atoms with Gasteiger partial charge >= 0.3 is 6.03 Å². The minimum Gasteiger partial charge on any atom is -0.351 e. The summed E-state index contributed by atoms with van der Waals surface area (Å²) in [5.74, 6) is -0.524. The molecule has 3 N–H and O–H groups in total. The van der Waals surface area contributed by atoms with Gasteiger partial charge in [0.1, 0.15) is 5.82 Å². The third-order valence-electron chi connectivity index (χ3n) is 2.71. The maximum Gasteiger partial charge on any atom is 0.316 e. The van der Waals surface area contributed by atoms with Crippen molar-refractivity contribution in [2.75, 3.05) is 5.32 Å². The molecule has 0 aliphatic carbocycles. The van der Waals surface area contributed by atoms with Crippen LogP contribution in [0.15, 0.2) is 49.0 Å². The van der Waals surface area contributed by atoms with Gasteiger partial charge in [-0.05, 0) is 28.8 Å². The van der Waals surface area contributed by atoms with Crippen LogP contribution in [0.5, 0.6) is 0 Å². The predicted octanol–water partition coefficient (Wildman–Crippen LogP) is 3.63. The summed E-state index contributed by atoms with van der Waals surface area (Å²) in [6, 6.07) is 11.3. The van der Waals surface area contributed by atoms with E-state index in [1.165, 1.54) is 12.1 Å². The number of rotatable bonds is 3. The molecular formula is C15H13FN2O. The molecule has 0 aliphatic rings. The molecule has 2 aromatic carbocycles. The molecule has 0 spiro atoms. The summed E-state index contributed by atoms with van der Waals surface area (Å²) in [4.78, 5) is 10.7. The second-order valence-electron chi connectivity index (χ2n) is 4.01. The number of halogens is 1. The molecule has 0 bridgehead atoms. The zero-order chi connectivity index (χ0) is 13.8. The number of nitrogens with one attached hydrogen (secondary N) is 1. The molecule has 0 heterocycles. The van der Waals surface area contributed by atoms with Crippen molar-refractivity contribution in [2.24, 2.45) is 5.73 Å². The van der Waals surface area contributed by atoms with Crippen LogP contribution in [0.2, 0.25) is 0 Å². The van der Waals surface area contributed by atoms with Crippen molar-refractivity contribution in [3.05, 3.63) is 60.4 Å². The van der Waals surface area contributed by atoms with Crippen LogP contribution in [-0.2, 0) is 0 Å². The van der Waals surface area contributed by atoms with Crippen molar-refractivity contribution in [1.29, 1.82) is 0 Å². The van der Waals surface area contributed by atoms with E-state index < -0.39 is 11.8 Å². The summed E-state index contributed by atoms with van der Waals surface area (Å²) in [6.45, 7) is 3.67. The monoisotopic (exact) mass is 256 g/mol. The zero-order valence-electron chi connectivity index (χ0n) is 10.2. The second kappa shape index (κ2) is 5.35. The Kier molecular flexibility index (Phi) is 3.61. The van der Waals surface area contributed by atoms with Gasteiger partial charge in [0, 0.05) is 0 Å². The van der Waals surface area contributed by atoms with Gasteiger partial charge in [-0.3, -0.25) is 0 Å². The van der Waals surface area contributed by atoms with Gasteiger partial charge in [-0.15, -0.1) is 0 Å². The first-order chi connectivity index (χ1) is 9.10. The van der Waals surface area contributed by atoms with Gasteiger partial charge in [0.15, 0.2) is 0 Å². The summed E-state index contributed by atoms with van der Waals surface area (Å²) in [5.41, 5.74) is 7.62. The molecule has 96 valence electrons. The molecule has 2 rings (SSSR count). The highest BCUT2D eigenvalue weighted by molar-refractivity contribution is 5.88. The summed E-state index contributed by atoms with van der Waals surface area (Å²) < 4.78 is 13.8. The highest BCUT2D eigenvalue weighted by Gasteiger charge is 2.06. The largest absolute Gasteiger partial charge is 0.351 e. The Hall–Kier alpha value is -2.62. The van der Waals surface area contributed by atoms with Crippen LogP contribution in [0.25, 0.3) is 17.2 Å². The minimum atomic E-state index is -0.790. The molecule has 0 fully saturated rings. The van der Waals surface area contributed by atoms with Gasteiger partial charge in [0.05, 0.1) is 5.69 Å². The lowest BCUT2D eigenvalue weighted by Crippen LogP contribution is -2.19. The Morgan fingerprint density at radius 2 is 1.79 bits per heavy atom. The number of anilines is 1. The average Bonchev–Trinajstić information content (AvgIpc) is 2.41. The van der Waals surface area contributed by atoms with E-state index >= 15 is 0 Å². The normalized spacial score (nSPS) is 9.95. The number of hydrogen-bond donors (Lipinski definition) is 2. The quantitative estimate of drug-likeness (QED) is 0.865. The van der Waals surface area contributed by atoms with Crippen molar-refractivity contribution in [3.8, 4) is 11.1 Å². The fraction of sp³-hybridized carbons (Fsp3) is 0. The van der Waals surface area contributed by atoms with E-state index in [-0.39, 0.29) is 5.69 Å². The molecule has 0 unspecified atom stereocenters. The van der Waals surface area contributed by atoms with Crippen LogP contribution in [0.4, 0.5) is 14.9 Å². The van der Waals surface area contributed by atoms with Gasteiger partial charge < -0.3 is 11.1 Å². The first-order valence-electron chi connectivity index (χ1n) is 5.69. The van der Waals surface area contributed by atoms with Gasteiger partial charge in [-0.2, -0.15) is 0 Å². The lowest BCUT2D eigenvalue weighted by atomic mass is 10.0. The van der Waals surface area contributed by atoms with E-state index in [0.29, 0.717) is 0 Å². The van der Waals surface area contributed by atoms with Crippen molar-refractivity contribution in [1.82, 2.24) is 0 Å². The van der Waals surface area contributed by atoms with Crippen LogP contribution in [-0.4, -0.2) is 6.03 Å². The van der Waals surface area contributed by atoms with E-state index in [2.05, 4.69) is 11.9 Å². The number of nitrogens with two attached hydrogens (primary N) is 1. The Bertz CT molecular complexity index is 621. The Morgan fingerprint density at radius 3 is 2.32 bits per heavy atom. The maximum absolute atomic E-state index is 13.8. The highest BCUT2D eigenvalue weighted by Crippen LogP contribution is 2.24. The highest BCUT2D eigenvalue weighted by atomic mass is 19.1. The number of benzene rings is 2. The molecule has 0 atom stereocenters. The molecule has 0 radical (unpaired) electrons. The van der Waals surface area contributed by atoms with E-state index in [1.807, 2.05) is 24.3 Å². The molecule has 0 aliphatic heterocycles. The van der Waals surface area contributed by atoms with Gasteiger partial charge in [-0.25, -0.2) is 9.18 Å². The lowest BCUT2D eigenvalue weighted by molar-refractivity contribution is 0.259. The molecule has 2 amide bonds. The molecule has 0 aromatic heterocycles. The van der Waals surface area contributed by atoms with Crippen LogP contribution < -0.4 is 11.1 Å². The molecule has 3 nitrogen and oxygen atoms in total. The van der Waals surface area contributed by atoms with Gasteiger partial charge in [-0.1, -0.05) is 43.0 Å². The van der Waals surface area contributed by atoms with Crippen molar-refractivity contribution in [2.45, 2.75) is 0 Å². The third kappa shape index (κ3) is 2.98. The van der Waals surface area contributed by atoms with Crippen molar-refractivity contribution in [3.63, 3.8) is 0 Å². The van der Waals surface area contributed by atoms with E-state index in [9.17, 15) is 9.18 Å². The van der Waals surface area contributed by atoms with E-state index in [1.54, 1.807) is 12.1 Å². The summed E-state index contributed by atoms with van der Waals surface area (Å²) in [5, 5.41) is 2.22. The Balaban J connectivity index is 2.32. The average molecular weight is 256 g/mol. The maximum atomic E-state index is 13.8. The second-order valence-corrected chi connectivity index (χ2v) is 4.01. The fourth-order valence-corrected chi connectivity index (χ4v) is 1.74.